The van der Waals surface area contributed by atoms with Gasteiger partial charge in [0, 0.05) is 37.6 Å². The smallest absolute Gasteiger partial charge is 0.490 e. The highest BCUT2D eigenvalue weighted by molar-refractivity contribution is 7.89. The number of sulfonamides is 1. The Bertz CT molecular complexity index is 1060. The van der Waals surface area contributed by atoms with Gasteiger partial charge in [-0.05, 0) is 18.2 Å². The number of para-hydroxylation sites is 1. The second-order valence-corrected chi connectivity index (χ2v) is 8.51. The van der Waals surface area contributed by atoms with Gasteiger partial charge in [-0.1, -0.05) is 18.2 Å². The minimum atomic E-state index is -4.86. The van der Waals surface area contributed by atoms with E-state index in [2.05, 4.69) is 14.8 Å². The summed E-state index contributed by atoms with van der Waals surface area (Å²) in [5.74, 6) is -0.193. The van der Waals surface area contributed by atoms with Crippen molar-refractivity contribution in [3.63, 3.8) is 0 Å². The molecule has 0 fully saturated rings. The first-order valence-electron chi connectivity index (χ1n) is 9.64. The van der Waals surface area contributed by atoms with Crippen LogP contribution in [-0.4, -0.2) is 40.4 Å². The Morgan fingerprint density at radius 2 is 1.78 bits per heavy atom. The minimum absolute atomic E-state index is 0.0413. The molecule has 0 unspecified atom stereocenters. The van der Waals surface area contributed by atoms with E-state index in [1.807, 2.05) is 0 Å². The third-order valence-electron chi connectivity index (χ3n) is 4.35. The van der Waals surface area contributed by atoms with Crippen molar-refractivity contribution in [3.05, 3.63) is 48.0 Å². The molecule has 0 saturated heterocycles. The summed E-state index contributed by atoms with van der Waals surface area (Å²) in [6.07, 6.45) is -4.39. The summed E-state index contributed by atoms with van der Waals surface area (Å²) in [7, 11) is -3.91. The molecule has 1 amide bonds. The van der Waals surface area contributed by atoms with Gasteiger partial charge in [-0.15, -0.1) is 13.2 Å². The molecule has 2 N–H and O–H groups in total. The van der Waals surface area contributed by atoms with E-state index in [9.17, 15) is 26.4 Å². The second kappa shape index (κ2) is 10.1. The SMILES string of the molecule is O=C(CCNS(=O)(=O)c1ccc2c(c1)OCCCO2)NCc1ccccc1OC(F)(F)F. The van der Waals surface area contributed by atoms with Crippen molar-refractivity contribution in [2.75, 3.05) is 19.8 Å². The van der Waals surface area contributed by atoms with Crippen molar-refractivity contribution >= 4 is 15.9 Å². The van der Waals surface area contributed by atoms with E-state index in [0.29, 0.717) is 31.1 Å². The molecule has 0 radical (unpaired) electrons. The maximum Gasteiger partial charge on any atom is 0.573 e. The fourth-order valence-corrected chi connectivity index (χ4v) is 3.90. The van der Waals surface area contributed by atoms with Crippen LogP contribution in [0.15, 0.2) is 47.4 Å². The largest absolute Gasteiger partial charge is 0.573 e. The van der Waals surface area contributed by atoms with Crippen LogP contribution in [0.2, 0.25) is 0 Å². The number of rotatable bonds is 8. The maximum atomic E-state index is 12.5. The van der Waals surface area contributed by atoms with Crippen molar-refractivity contribution in [1.82, 2.24) is 10.0 Å². The molecule has 2 aromatic rings. The van der Waals surface area contributed by atoms with Gasteiger partial charge in [0.05, 0.1) is 18.1 Å². The number of benzene rings is 2. The summed E-state index contributed by atoms with van der Waals surface area (Å²) in [4.78, 5) is 12.0. The molecule has 8 nitrogen and oxygen atoms in total. The fraction of sp³-hybridized carbons (Fsp3) is 0.350. The summed E-state index contributed by atoms with van der Waals surface area (Å²) < 4.78 is 79.5. The van der Waals surface area contributed by atoms with Gasteiger partial charge in [-0.3, -0.25) is 4.79 Å². The summed E-state index contributed by atoms with van der Waals surface area (Å²) in [5, 5.41) is 2.44. The number of carbonyl (C=O) groups is 1. The van der Waals surface area contributed by atoms with Gasteiger partial charge in [0.1, 0.15) is 5.75 Å². The highest BCUT2D eigenvalue weighted by atomic mass is 32.2. The first-order chi connectivity index (χ1) is 15.1. The molecular weight excluding hydrogens is 453 g/mol. The molecule has 0 atom stereocenters. The molecule has 0 saturated carbocycles. The van der Waals surface area contributed by atoms with Gasteiger partial charge in [0.15, 0.2) is 11.5 Å². The molecule has 0 bridgehead atoms. The van der Waals surface area contributed by atoms with E-state index >= 15 is 0 Å². The van der Waals surface area contributed by atoms with Crippen LogP contribution < -0.4 is 24.2 Å². The lowest BCUT2D eigenvalue weighted by Gasteiger charge is -2.14. The molecule has 1 aliphatic heterocycles. The molecule has 174 valence electrons. The number of halogens is 3. The van der Waals surface area contributed by atoms with Gasteiger partial charge in [0.25, 0.3) is 0 Å². The van der Waals surface area contributed by atoms with E-state index in [1.54, 1.807) is 0 Å². The van der Waals surface area contributed by atoms with Crippen LogP contribution in [0, 0.1) is 0 Å². The van der Waals surface area contributed by atoms with Crippen molar-refractivity contribution in [1.29, 1.82) is 0 Å². The summed E-state index contributed by atoms with van der Waals surface area (Å²) in [5.41, 5.74) is 0.131. The summed E-state index contributed by atoms with van der Waals surface area (Å²) in [6.45, 7) is 0.462. The van der Waals surface area contributed by atoms with Crippen molar-refractivity contribution in [2.45, 2.75) is 30.6 Å². The average molecular weight is 474 g/mol. The molecule has 1 aliphatic rings. The number of hydrogen-bond donors (Lipinski definition) is 2. The van der Waals surface area contributed by atoms with Crippen molar-refractivity contribution < 1.29 is 40.6 Å². The molecule has 1 heterocycles. The molecular formula is C20H21F3N2O6S. The zero-order valence-corrected chi connectivity index (χ0v) is 17.6. The quantitative estimate of drug-likeness (QED) is 0.610. The van der Waals surface area contributed by atoms with Crippen LogP contribution in [0.1, 0.15) is 18.4 Å². The fourth-order valence-electron chi connectivity index (χ4n) is 2.85. The minimum Gasteiger partial charge on any atom is -0.490 e. The standard InChI is InChI=1S/C20H21F3N2O6S/c21-20(22,23)31-16-5-2-1-4-14(16)13-24-19(26)8-9-25-32(27,28)15-6-7-17-18(12-15)30-11-3-10-29-17/h1-2,4-7,12,25H,3,8-11,13H2,(H,24,26). The van der Waals surface area contributed by atoms with Gasteiger partial charge in [0.2, 0.25) is 15.9 Å². The predicted octanol–water partition coefficient (Wildman–Crippen LogP) is 2.73. The van der Waals surface area contributed by atoms with Crippen LogP contribution in [0.25, 0.3) is 0 Å². The summed E-state index contributed by atoms with van der Waals surface area (Å²) in [6, 6.07) is 9.62. The number of hydrogen-bond acceptors (Lipinski definition) is 6. The number of ether oxygens (including phenoxy) is 3. The Morgan fingerprint density at radius 3 is 2.53 bits per heavy atom. The Hall–Kier alpha value is -2.99. The van der Waals surface area contributed by atoms with Crippen molar-refractivity contribution in [2.24, 2.45) is 0 Å². The molecule has 2 aromatic carbocycles. The second-order valence-electron chi connectivity index (χ2n) is 6.74. The number of amides is 1. The first kappa shape index (κ1) is 23.7. The number of nitrogens with one attached hydrogen (secondary N) is 2. The molecule has 32 heavy (non-hydrogen) atoms. The zero-order valence-electron chi connectivity index (χ0n) is 16.8. The van der Waals surface area contributed by atoms with E-state index in [4.69, 9.17) is 9.47 Å². The predicted molar refractivity (Wildman–Crippen MR) is 107 cm³/mol. The van der Waals surface area contributed by atoms with Crippen molar-refractivity contribution in [3.8, 4) is 17.2 Å². The molecule has 0 spiro atoms. The Morgan fingerprint density at radius 1 is 1.06 bits per heavy atom. The van der Waals surface area contributed by atoms with Gasteiger partial charge >= 0.3 is 6.36 Å². The van der Waals surface area contributed by atoms with Crippen LogP contribution in [0.4, 0.5) is 13.2 Å². The highest BCUT2D eigenvalue weighted by Crippen LogP contribution is 2.31. The molecule has 0 aromatic heterocycles. The van der Waals surface area contributed by atoms with Gasteiger partial charge < -0.3 is 19.5 Å². The molecule has 0 aliphatic carbocycles. The number of fused-ring (bicyclic) bond motifs is 1. The number of carbonyl (C=O) groups excluding carboxylic acids is 1. The van der Waals surface area contributed by atoms with Gasteiger partial charge in [-0.25, -0.2) is 13.1 Å². The van der Waals surface area contributed by atoms with Crippen LogP contribution in [-0.2, 0) is 21.4 Å². The molecule has 3 rings (SSSR count). The lowest BCUT2D eigenvalue weighted by atomic mass is 10.2. The van der Waals surface area contributed by atoms with E-state index in [1.165, 1.54) is 36.4 Å². The average Bonchev–Trinajstić information content (AvgIpc) is 2.97. The normalized spacial score (nSPS) is 13.8. The zero-order chi connectivity index (χ0) is 23.2. The number of alkyl halides is 3. The first-order valence-corrected chi connectivity index (χ1v) is 11.1. The van der Waals surface area contributed by atoms with Crippen LogP contribution in [0.3, 0.4) is 0 Å². The Kier molecular flexibility index (Phi) is 7.46. The summed E-state index contributed by atoms with van der Waals surface area (Å²) >= 11 is 0. The Balaban J connectivity index is 1.51. The lowest BCUT2D eigenvalue weighted by Crippen LogP contribution is -2.30. The third-order valence-corrected chi connectivity index (χ3v) is 5.81. The monoisotopic (exact) mass is 474 g/mol. The third kappa shape index (κ3) is 6.76. The maximum absolute atomic E-state index is 12.5. The Labute approximate surface area is 182 Å². The van der Waals surface area contributed by atoms with Crippen LogP contribution in [0.5, 0.6) is 17.2 Å². The van der Waals surface area contributed by atoms with Crippen LogP contribution >= 0.6 is 0 Å². The van der Waals surface area contributed by atoms with Gasteiger partial charge in [-0.2, -0.15) is 0 Å². The lowest BCUT2D eigenvalue weighted by molar-refractivity contribution is -0.274. The van der Waals surface area contributed by atoms with E-state index < -0.39 is 28.0 Å². The van der Waals surface area contributed by atoms with E-state index in [0.717, 1.165) is 6.07 Å². The molecule has 12 heteroatoms. The topological polar surface area (TPSA) is 103 Å². The highest BCUT2D eigenvalue weighted by Gasteiger charge is 2.32. The van der Waals surface area contributed by atoms with E-state index in [-0.39, 0.29) is 30.0 Å².